The number of amides is 2. The maximum atomic E-state index is 13.7. The zero-order valence-corrected chi connectivity index (χ0v) is 22.7. The second kappa shape index (κ2) is 12.7. The zero-order chi connectivity index (χ0) is 26.1. The molecule has 0 aliphatic rings. The molecular formula is C27H30BrN3O4S. The van der Waals surface area contributed by atoms with Gasteiger partial charge in [-0.3, -0.25) is 13.9 Å². The minimum atomic E-state index is -4.06. The Balaban J connectivity index is 1.98. The third-order valence-corrected chi connectivity index (χ3v) is 7.95. The summed E-state index contributed by atoms with van der Waals surface area (Å²) in [7, 11) is -4.06. The SMILES string of the molecule is CCCNC(=O)[C@@H](C)N(Cc1ccccc1)C(=O)CN(c1ccc(Br)cc1)S(=O)(=O)c1ccccc1. The molecule has 3 aromatic carbocycles. The van der Waals surface area contributed by atoms with Gasteiger partial charge in [-0.25, -0.2) is 8.42 Å². The smallest absolute Gasteiger partial charge is 0.264 e. The summed E-state index contributed by atoms with van der Waals surface area (Å²) >= 11 is 3.37. The molecule has 0 fully saturated rings. The number of carbonyl (C=O) groups is 2. The van der Waals surface area contributed by atoms with Crippen LogP contribution in [0.3, 0.4) is 0 Å². The van der Waals surface area contributed by atoms with Crippen molar-refractivity contribution in [1.82, 2.24) is 10.2 Å². The summed E-state index contributed by atoms with van der Waals surface area (Å²) in [5.74, 6) is -0.775. The standard InChI is InChI=1S/C27H30BrN3O4S/c1-3-18-29-27(33)21(2)30(19-22-10-6-4-7-11-22)26(32)20-31(24-16-14-23(28)15-17-24)36(34,35)25-12-8-5-9-13-25/h4-17,21H,3,18-20H2,1-2H3,(H,29,33)/t21-/m1/s1. The molecule has 1 N–H and O–H groups in total. The first-order valence-corrected chi connectivity index (χ1v) is 13.9. The summed E-state index contributed by atoms with van der Waals surface area (Å²) in [5, 5.41) is 2.83. The Morgan fingerprint density at radius 3 is 2.08 bits per heavy atom. The van der Waals surface area contributed by atoms with Crippen LogP contribution in [0.25, 0.3) is 0 Å². The summed E-state index contributed by atoms with van der Waals surface area (Å²) < 4.78 is 29.2. The van der Waals surface area contributed by atoms with Gasteiger partial charge in [-0.2, -0.15) is 0 Å². The molecule has 1 atom stereocenters. The molecule has 190 valence electrons. The Kier molecular flexibility index (Phi) is 9.66. The van der Waals surface area contributed by atoms with Crippen LogP contribution in [0.5, 0.6) is 0 Å². The highest BCUT2D eigenvalue weighted by Gasteiger charge is 2.32. The van der Waals surface area contributed by atoms with Gasteiger partial charge in [-0.1, -0.05) is 71.4 Å². The van der Waals surface area contributed by atoms with E-state index in [-0.39, 0.29) is 17.3 Å². The highest BCUT2D eigenvalue weighted by molar-refractivity contribution is 9.10. The van der Waals surface area contributed by atoms with Gasteiger partial charge in [0.15, 0.2) is 0 Å². The molecular weight excluding hydrogens is 542 g/mol. The van der Waals surface area contributed by atoms with Gasteiger partial charge in [0.1, 0.15) is 12.6 Å². The molecule has 3 rings (SSSR count). The van der Waals surface area contributed by atoms with Crippen molar-refractivity contribution >= 4 is 43.5 Å². The highest BCUT2D eigenvalue weighted by atomic mass is 79.9. The minimum Gasteiger partial charge on any atom is -0.354 e. The van der Waals surface area contributed by atoms with Gasteiger partial charge in [0.2, 0.25) is 11.8 Å². The first-order chi connectivity index (χ1) is 17.2. The summed E-state index contributed by atoms with van der Waals surface area (Å²) in [6.45, 7) is 3.80. The van der Waals surface area contributed by atoms with Crippen LogP contribution in [0.1, 0.15) is 25.8 Å². The molecule has 0 aliphatic carbocycles. The maximum absolute atomic E-state index is 13.7. The predicted molar refractivity (Wildman–Crippen MR) is 145 cm³/mol. The average molecular weight is 573 g/mol. The van der Waals surface area contributed by atoms with E-state index in [9.17, 15) is 18.0 Å². The van der Waals surface area contributed by atoms with Crippen LogP contribution in [-0.2, 0) is 26.2 Å². The van der Waals surface area contributed by atoms with Gasteiger partial charge in [-0.05, 0) is 55.3 Å². The normalized spacial score (nSPS) is 12.0. The van der Waals surface area contributed by atoms with Crippen molar-refractivity contribution in [2.45, 2.75) is 37.8 Å². The van der Waals surface area contributed by atoms with E-state index in [1.807, 2.05) is 37.3 Å². The van der Waals surface area contributed by atoms with E-state index in [0.717, 1.165) is 20.8 Å². The molecule has 0 heterocycles. The van der Waals surface area contributed by atoms with Crippen LogP contribution in [0, 0.1) is 0 Å². The molecule has 0 saturated heterocycles. The predicted octanol–water partition coefficient (Wildman–Crippen LogP) is 4.59. The number of carbonyl (C=O) groups excluding carboxylic acids is 2. The Hall–Kier alpha value is -3.17. The van der Waals surface area contributed by atoms with Crippen molar-refractivity contribution in [1.29, 1.82) is 0 Å². The van der Waals surface area contributed by atoms with Crippen molar-refractivity contribution in [3.8, 4) is 0 Å². The van der Waals surface area contributed by atoms with Crippen LogP contribution in [-0.4, -0.2) is 44.3 Å². The Bertz CT molecular complexity index is 1250. The molecule has 0 bridgehead atoms. The van der Waals surface area contributed by atoms with E-state index < -0.39 is 28.5 Å². The Morgan fingerprint density at radius 1 is 0.917 bits per heavy atom. The fourth-order valence-corrected chi connectivity index (χ4v) is 5.31. The summed E-state index contributed by atoms with van der Waals surface area (Å²) in [4.78, 5) is 28.0. The number of sulfonamides is 1. The zero-order valence-electron chi connectivity index (χ0n) is 20.3. The topological polar surface area (TPSA) is 86.8 Å². The van der Waals surface area contributed by atoms with Gasteiger partial charge < -0.3 is 10.2 Å². The van der Waals surface area contributed by atoms with E-state index in [0.29, 0.717) is 12.2 Å². The molecule has 7 nitrogen and oxygen atoms in total. The van der Waals surface area contributed by atoms with Gasteiger partial charge in [0.25, 0.3) is 10.0 Å². The van der Waals surface area contributed by atoms with Crippen molar-refractivity contribution < 1.29 is 18.0 Å². The second-order valence-corrected chi connectivity index (χ2v) is 11.1. The molecule has 0 aliphatic heterocycles. The number of rotatable bonds is 11. The monoisotopic (exact) mass is 571 g/mol. The number of hydrogen-bond donors (Lipinski definition) is 1. The molecule has 0 aromatic heterocycles. The third-order valence-electron chi connectivity index (χ3n) is 5.64. The molecule has 0 spiro atoms. The Morgan fingerprint density at radius 2 is 1.50 bits per heavy atom. The van der Waals surface area contributed by atoms with Crippen LogP contribution >= 0.6 is 15.9 Å². The number of benzene rings is 3. The van der Waals surface area contributed by atoms with E-state index in [1.165, 1.54) is 17.0 Å². The molecule has 9 heteroatoms. The number of anilines is 1. The van der Waals surface area contributed by atoms with E-state index in [1.54, 1.807) is 49.4 Å². The fraction of sp³-hybridized carbons (Fsp3) is 0.259. The van der Waals surface area contributed by atoms with Crippen LogP contribution < -0.4 is 9.62 Å². The number of hydrogen-bond acceptors (Lipinski definition) is 4. The lowest BCUT2D eigenvalue weighted by atomic mass is 10.1. The Labute approximate surface area is 221 Å². The molecule has 0 unspecified atom stereocenters. The number of halogens is 1. The number of nitrogens with one attached hydrogen (secondary N) is 1. The largest absolute Gasteiger partial charge is 0.354 e. The highest BCUT2D eigenvalue weighted by Crippen LogP contribution is 2.26. The minimum absolute atomic E-state index is 0.0732. The first-order valence-electron chi connectivity index (χ1n) is 11.7. The molecule has 0 saturated carbocycles. The third kappa shape index (κ3) is 6.95. The van der Waals surface area contributed by atoms with Crippen molar-refractivity contribution in [3.63, 3.8) is 0 Å². The lowest BCUT2D eigenvalue weighted by molar-refractivity contribution is -0.139. The van der Waals surface area contributed by atoms with Crippen LogP contribution in [0.2, 0.25) is 0 Å². The molecule has 36 heavy (non-hydrogen) atoms. The number of nitrogens with zero attached hydrogens (tertiary/aromatic N) is 2. The molecule has 2 amide bonds. The van der Waals surface area contributed by atoms with Crippen molar-refractivity contribution in [3.05, 3.63) is 95.0 Å². The van der Waals surface area contributed by atoms with Gasteiger partial charge in [-0.15, -0.1) is 0 Å². The quantitative estimate of drug-likeness (QED) is 0.364. The van der Waals surface area contributed by atoms with Gasteiger partial charge >= 0.3 is 0 Å². The van der Waals surface area contributed by atoms with Gasteiger partial charge in [0.05, 0.1) is 10.6 Å². The molecule has 3 aromatic rings. The van der Waals surface area contributed by atoms with Crippen LogP contribution in [0.15, 0.2) is 94.3 Å². The van der Waals surface area contributed by atoms with E-state index in [2.05, 4.69) is 21.2 Å². The fourth-order valence-electron chi connectivity index (χ4n) is 3.61. The maximum Gasteiger partial charge on any atom is 0.264 e. The summed E-state index contributed by atoms with van der Waals surface area (Å²) in [5.41, 5.74) is 1.18. The summed E-state index contributed by atoms with van der Waals surface area (Å²) in [6.07, 6.45) is 0.762. The van der Waals surface area contributed by atoms with E-state index in [4.69, 9.17) is 0 Å². The van der Waals surface area contributed by atoms with Crippen molar-refractivity contribution in [2.75, 3.05) is 17.4 Å². The van der Waals surface area contributed by atoms with Crippen molar-refractivity contribution in [2.24, 2.45) is 0 Å². The average Bonchev–Trinajstić information content (AvgIpc) is 2.90. The van der Waals surface area contributed by atoms with Gasteiger partial charge in [0, 0.05) is 17.6 Å². The lowest BCUT2D eigenvalue weighted by Crippen LogP contribution is -2.51. The first kappa shape index (κ1) is 27.4. The second-order valence-electron chi connectivity index (χ2n) is 8.28. The summed E-state index contributed by atoms with van der Waals surface area (Å²) in [6, 6.07) is 23.2. The van der Waals surface area contributed by atoms with Crippen LogP contribution in [0.4, 0.5) is 5.69 Å². The van der Waals surface area contributed by atoms with E-state index >= 15 is 0 Å². The molecule has 0 radical (unpaired) electrons. The lowest BCUT2D eigenvalue weighted by Gasteiger charge is -2.32.